The number of aromatic hydroxyl groups is 1. The normalized spacial score (nSPS) is 11.0. The predicted octanol–water partition coefficient (Wildman–Crippen LogP) is 5.68. The average molecular weight is 414 g/mol. The summed E-state index contributed by atoms with van der Waals surface area (Å²) in [6, 6.07) is 18.8. The summed E-state index contributed by atoms with van der Waals surface area (Å²) in [5, 5.41) is 13.1. The summed E-state index contributed by atoms with van der Waals surface area (Å²) in [5.41, 5.74) is 4.96. The van der Waals surface area contributed by atoms with Crippen LogP contribution in [-0.4, -0.2) is 26.9 Å². The molecule has 0 atom stereocenters. The fraction of sp³-hybridized carbons (Fsp3) is 0.231. The molecule has 158 valence electrons. The highest BCUT2D eigenvalue weighted by Crippen LogP contribution is 2.29. The molecule has 2 N–H and O–H groups in total. The highest BCUT2D eigenvalue weighted by Gasteiger charge is 2.10. The number of hydrogen-bond acceptors (Lipinski definition) is 3. The molecule has 5 heteroatoms. The van der Waals surface area contributed by atoms with E-state index >= 15 is 0 Å². The fourth-order valence-corrected chi connectivity index (χ4v) is 3.65. The lowest BCUT2D eigenvalue weighted by atomic mass is 10.1. The van der Waals surface area contributed by atoms with E-state index in [9.17, 15) is 9.90 Å². The van der Waals surface area contributed by atoms with E-state index in [-0.39, 0.29) is 11.7 Å². The van der Waals surface area contributed by atoms with Gasteiger partial charge in [-0.2, -0.15) is 0 Å². The molecule has 0 aliphatic rings. The third-order valence-corrected chi connectivity index (χ3v) is 5.43. The van der Waals surface area contributed by atoms with Crippen LogP contribution in [-0.2, 0) is 0 Å². The molecule has 4 aromatic rings. The number of nitrogens with zero attached hydrogens (tertiary/aromatic N) is 2. The highest BCUT2D eigenvalue weighted by atomic mass is 16.3. The van der Waals surface area contributed by atoms with Crippen molar-refractivity contribution < 1.29 is 9.90 Å². The molecule has 2 aromatic heterocycles. The maximum atomic E-state index is 12.3. The Morgan fingerprint density at radius 2 is 1.71 bits per heavy atom. The van der Waals surface area contributed by atoms with Gasteiger partial charge < -0.3 is 14.8 Å². The minimum absolute atomic E-state index is 0.0274. The summed E-state index contributed by atoms with van der Waals surface area (Å²) in [6.07, 6.45) is 8.49. The monoisotopic (exact) mass is 413 g/mol. The van der Waals surface area contributed by atoms with Crippen molar-refractivity contribution in [2.75, 3.05) is 6.54 Å². The first-order valence-corrected chi connectivity index (χ1v) is 10.8. The van der Waals surface area contributed by atoms with Crippen molar-refractivity contribution in [3.8, 4) is 28.1 Å². The number of aromatic nitrogens is 2. The SMILES string of the molecule is CCCCCCNC(=O)c1ccc(-c2ccc3nc(-c4ccccc4O)cn3c2)cc1. The van der Waals surface area contributed by atoms with Crippen LogP contribution in [0.25, 0.3) is 28.0 Å². The summed E-state index contributed by atoms with van der Waals surface area (Å²) >= 11 is 0. The van der Waals surface area contributed by atoms with Crippen molar-refractivity contribution in [1.82, 2.24) is 14.7 Å². The molecule has 0 bridgehead atoms. The van der Waals surface area contributed by atoms with Crippen LogP contribution >= 0.6 is 0 Å². The van der Waals surface area contributed by atoms with Crippen LogP contribution in [0, 0.1) is 0 Å². The van der Waals surface area contributed by atoms with Gasteiger partial charge in [-0.05, 0) is 53.9 Å². The van der Waals surface area contributed by atoms with E-state index in [1.54, 1.807) is 12.1 Å². The molecule has 4 rings (SSSR count). The quantitative estimate of drug-likeness (QED) is 0.365. The molecular weight excluding hydrogens is 386 g/mol. The summed E-state index contributed by atoms with van der Waals surface area (Å²) in [7, 11) is 0. The second kappa shape index (κ2) is 9.47. The van der Waals surface area contributed by atoms with Gasteiger partial charge in [-0.1, -0.05) is 50.5 Å². The summed E-state index contributed by atoms with van der Waals surface area (Å²) in [5.74, 6) is 0.186. The van der Waals surface area contributed by atoms with Crippen molar-refractivity contribution in [1.29, 1.82) is 0 Å². The van der Waals surface area contributed by atoms with Gasteiger partial charge in [-0.15, -0.1) is 0 Å². The molecule has 1 amide bonds. The van der Waals surface area contributed by atoms with Crippen molar-refractivity contribution in [2.24, 2.45) is 0 Å². The Bertz CT molecular complexity index is 1180. The maximum Gasteiger partial charge on any atom is 0.251 e. The molecule has 5 nitrogen and oxygen atoms in total. The third kappa shape index (κ3) is 4.77. The Morgan fingerprint density at radius 1 is 0.935 bits per heavy atom. The van der Waals surface area contributed by atoms with Crippen molar-refractivity contribution in [3.63, 3.8) is 0 Å². The first-order chi connectivity index (χ1) is 15.2. The summed E-state index contributed by atoms with van der Waals surface area (Å²) in [4.78, 5) is 16.9. The van der Waals surface area contributed by atoms with Gasteiger partial charge in [0.05, 0.1) is 5.69 Å². The zero-order valence-corrected chi connectivity index (χ0v) is 17.7. The molecule has 0 fully saturated rings. The molecule has 0 aliphatic carbocycles. The van der Waals surface area contributed by atoms with Gasteiger partial charge in [-0.3, -0.25) is 4.79 Å². The number of pyridine rings is 1. The highest BCUT2D eigenvalue weighted by molar-refractivity contribution is 5.94. The number of nitrogens with one attached hydrogen (secondary N) is 1. The lowest BCUT2D eigenvalue weighted by Gasteiger charge is -2.07. The number of amides is 1. The van der Waals surface area contributed by atoms with Gasteiger partial charge in [0.2, 0.25) is 0 Å². The molecule has 2 heterocycles. The molecule has 0 saturated carbocycles. The Labute approximate surface area is 182 Å². The van der Waals surface area contributed by atoms with Crippen LogP contribution in [0.1, 0.15) is 43.0 Å². The van der Waals surface area contributed by atoms with Gasteiger partial charge in [-0.25, -0.2) is 4.98 Å². The molecular formula is C26H27N3O2. The van der Waals surface area contributed by atoms with Crippen molar-refractivity contribution in [2.45, 2.75) is 32.6 Å². The Kier molecular flexibility index (Phi) is 6.32. The number of hydrogen-bond donors (Lipinski definition) is 2. The second-order valence-corrected chi connectivity index (χ2v) is 7.72. The zero-order chi connectivity index (χ0) is 21.6. The molecule has 0 unspecified atom stereocenters. The van der Waals surface area contributed by atoms with Gasteiger partial charge >= 0.3 is 0 Å². The van der Waals surface area contributed by atoms with Gasteiger partial charge in [0.1, 0.15) is 11.4 Å². The Morgan fingerprint density at radius 3 is 2.48 bits per heavy atom. The molecule has 0 radical (unpaired) electrons. The lowest BCUT2D eigenvalue weighted by Crippen LogP contribution is -2.24. The number of para-hydroxylation sites is 1. The second-order valence-electron chi connectivity index (χ2n) is 7.72. The van der Waals surface area contributed by atoms with E-state index < -0.39 is 0 Å². The number of carbonyl (C=O) groups is 1. The maximum absolute atomic E-state index is 12.3. The van der Waals surface area contributed by atoms with Crippen LogP contribution in [0.2, 0.25) is 0 Å². The van der Waals surface area contributed by atoms with Crippen LogP contribution in [0.15, 0.2) is 73.1 Å². The minimum atomic E-state index is -0.0274. The Hall–Kier alpha value is -3.60. The number of rotatable bonds is 8. The standard InChI is InChI=1S/C26H27N3O2/c1-2-3-4-7-16-27-26(31)20-12-10-19(11-13-20)21-14-15-25-28-23(18-29(25)17-21)22-8-5-6-9-24(22)30/h5-6,8-15,17-18,30H,2-4,7,16H2,1H3,(H,27,31). The molecule has 31 heavy (non-hydrogen) atoms. The summed E-state index contributed by atoms with van der Waals surface area (Å²) < 4.78 is 1.95. The number of carbonyl (C=O) groups excluding carboxylic acids is 1. The third-order valence-electron chi connectivity index (χ3n) is 5.43. The van der Waals surface area contributed by atoms with Crippen LogP contribution in [0.5, 0.6) is 5.75 Å². The fourth-order valence-electron chi connectivity index (χ4n) is 3.65. The largest absolute Gasteiger partial charge is 0.507 e. The molecule has 0 saturated heterocycles. The lowest BCUT2D eigenvalue weighted by molar-refractivity contribution is 0.0953. The van der Waals surface area contributed by atoms with Gasteiger partial charge in [0.25, 0.3) is 5.91 Å². The molecule has 2 aromatic carbocycles. The van der Waals surface area contributed by atoms with Crippen molar-refractivity contribution >= 4 is 11.6 Å². The van der Waals surface area contributed by atoms with E-state index in [2.05, 4.69) is 17.2 Å². The topological polar surface area (TPSA) is 66.6 Å². The Balaban J connectivity index is 1.48. The summed E-state index contributed by atoms with van der Waals surface area (Å²) in [6.45, 7) is 2.90. The van der Waals surface area contributed by atoms with Gasteiger partial charge in [0.15, 0.2) is 0 Å². The molecule has 0 aliphatic heterocycles. The minimum Gasteiger partial charge on any atom is -0.507 e. The predicted molar refractivity (Wildman–Crippen MR) is 124 cm³/mol. The number of phenolic OH excluding ortho intramolecular Hbond substituents is 1. The smallest absolute Gasteiger partial charge is 0.251 e. The van der Waals surface area contributed by atoms with E-state index in [0.717, 1.165) is 41.9 Å². The number of unbranched alkanes of at least 4 members (excludes halogenated alkanes) is 3. The van der Waals surface area contributed by atoms with E-state index in [1.165, 1.54) is 12.8 Å². The number of imidazole rings is 1. The van der Waals surface area contributed by atoms with Crippen LogP contribution < -0.4 is 5.32 Å². The zero-order valence-electron chi connectivity index (χ0n) is 17.7. The van der Waals surface area contributed by atoms with Crippen LogP contribution in [0.3, 0.4) is 0 Å². The number of fused-ring (bicyclic) bond motifs is 1. The first-order valence-electron chi connectivity index (χ1n) is 10.8. The van der Waals surface area contributed by atoms with E-state index in [0.29, 0.717) is 11.1 Å². The molecule has 0 spiro atoms. The van der Waals surface area contributed by atoms with E-state index in [1.807, 2.05) is 65.3 Å². The average Bonchev–Trinajstić information content (AvgIpc) is 3.22. The first kappa shape index (κ1) is 20.7. The van der Waals surface area contributed by atoms with Crippen LogP contribution in [0.4, 0.5) is 0 Å². The number of phenols is 1. The van der Waals surface area contributed by atoms with E-state index in [4.69, 9.17) is 0 Å². The van der Waals surface area contributed by atoms with Crippen molar-refractivity contribution in [3.05, 3.63) is 78.6 Å². The van der Waals surface area contributed by atoms with Gasteiger partial charge in [0, 0.05) is 30.1 Å². The number of benzene rings is 2.